The number of aromatic nitrogens is 2. The highest BCUT2D eigenvalue weighted by Gasteiger charge is 2.17. The lowest BCUT2D eigenvalue weighted by molar-refractivity contribution is 0.575. The summed E-state index contributed by atoms with van der Waals surface area (Å²) in [5, 5.41) is 1.79. The molecule has 2 heterocycles. The van der Waals surface area contributed by atoms with E-state index in [0.29, 0.717) is 5.02 Å². The van der Waals surface area contributed by atoms with Gasteiger partial charge in [-0.2, -0.15) is 0 Å². The van der Waals surface area contributed by atoms with Crippen LogP contribution in [0.25, 0.3) is 22.3 Å². The molecule has 0 bridgehead atoms. The van der Waals surface area contributed by atoms with Crippen molar-refractivity contribution < 1.29 is 0 Å². The van der Waals surface area contributed by atoms with Crippen molar-refractivity contribution >= 4 is 28.3 Å². The number of anilines is 1. The largest absolute Gasteiger partial charge is 0.356 e. The van der Waals surface area contributed by atoms with Crippen LogP contribution in [0.3, 0.4) is 0 Å². The molecule has 1 fully saturated rings. The number of piperidine rings is 1. The van der Waals surface area contributed by atoms with Crippen LogP contribution in [0.1, 0.15) is 24.8 Å². The Labute approximate surface area is 147 Å². The lowest BCUT2D eigenvalue weighted by Crippen LogP contribution is -2.30. The highest BCUT2D eigenvalue weighted by molar-refractivity contribution is 6.31. The van der Waals surface area contributed by atoms with Crippen LogP contribution in [-0.2, 0) is 0 Å². The molecular weight excluding hydrogens is 318 g/mol. The summed E-state index contributed by atoms with van der Waals surface area (Å²) in [7, 11) is 0. The Morgan fingerprint density at radius 2 is 1.67 bits per heavy atom. The molecule has 0 spiro atoms. The Balaban J connectivity index is 1.89. The van der Waals surface area contributed by atoms with E-state index in [-0.39, 0.29) is 0 Å². The van der Waals surface area contributed by atoms with Crippen molar-refractivity contribution in [2.24, 2.45) is 0 Å². The molecule has 0 aliphatic carbocycles. The summed E-state index contributed by atoms with van der Waals surface area (Å²) < 4.78 is 0. The van der Waals surface area contributed by atoms with Gasteiger partial charge in [0.15, 0.2) is 5.82 Å². The maximum atomic E-state index is 6.20. The van der Waals surface area contributed by atoms with E-state index >= 15 is 0 Å². The molecule has 1 aliphatic rings. The molecule has 0 atom stereocenters. The third kappa shape index (κ3) is 2.96. The molecule has 1 aromatic heterocycles. The maximum Gasteiger partial charge on any atom is 0.162 e. The van der Waals surface area contributed by atoms with Gasteiger partial charge in [0.2, 0.25) is 0 Å². The van der Waals surface area contributed by atoms with Crippen LogP contribution in [0.2, 0.25) is 5.02 Å². The van der Waals surface area contributed by atoms with E-state index in [4.69, 9.17) is 21.6 Å². The monoisotopic (exact) mass is 337 g/mol. The molecule has 4 heteroatoms. The summed E-state index contributed by atoms with van der Waals surface area (Å²) in [5.41, 5.74) is 3.19. The molecule has 2 aromatic carbocycles. The minimum Gasteiger partial charge on any atom is -0.356 e. The highest BCUT2D eigenvalue weighted by Crippen LogP contribution is 2.31. The number of hydrogen-bond acceptors (Lipinski definition) is 3. The second-order valence-electron chi connectivity index (χ2n) is 6.45. The maximum absolute atomic E-state index is 6.20. The van der Waals surface area contributed by atoms with E-state index in [1.54, 1.807) is 0 Å². The van der Waals surface area contributed by atoms with E-state index < -0.39 is 0 Å². The van der Waals surface area contributed by atoms with E-state index in [0.717, 1.165) is 41.2 Å². The van der Waals surface area contributed by atoms with Crippen molar-refractivity contribution in [1.82, 2.24) is 9.97 Å². The molecule has 1 aliphatic heterocycles. The molecule has 3 aromatic rings. The average Bonchev–Trinajstić information content (AvgIpc) is 2.62. The van der Waals surface area contributed by atoms with Crippen molar-refractivity contribution in [2.75, 3.05) is 18.0 Å². The predicted molar refractivity (Wildman–Crippen MR) is 101 cm³/mol. The first-order valence-corrected chi connectivity index (χ1v) is 8.88. The van der Waals surface area contributed by atoms with Crippen molar-refractivity contribution in [1.29, 1.82) is 0 Å². The Kier molecular flexibility index (Phi) is 4.11. The summed E-state index contributed by atoms with van der Waals surface area (Å²) in [4.78, 5) is 12.1. The van der Waals surface area contributed by atoms with Crippen molar-refractivity contribution in [3.63, 3.8) is 0 Å². The number of hydrogen-bond donors (Lipinski definition) is 0. The van der Waals surface area contributed by atoms with Crippen LogP contribution in [-0.4, -0.2) is 23.1 Å². The molecule has 0 N–H and O–H groups in total. The van der Waals surface area contributed by atoms with Crippen LogP contribution >= 0.6 is 11.6 Å². The molecule has 0 radical (unpaired) electrons. The summed E-state index contributed by atoms with van der Waals surface area (Å²) >= 11 is 6.20. The van der Waals surface area contributed by atoms with Gasteiger partial charge in [0, 0.05) is 29.1 Å². The molecule has 122 valence electrons. The standard InChI is InChI=1S/C20H20ClN3/c1-14-5-7-15(8-6-14)19-22-18-13-16(21)9-10-17(18)20(23-19)24-11-3-2-4-12-24/h5-10,13H,2-4,11-12H2,1H3. The number of aryl methyl sites for hydroxylation is 1. The fourth-order valence-corrected chi connectivity index (χ4v) is 3.43. The summed E-state index contributed by atoms with van der Waals surface area (Å²) in [6.07, 6.45) is 3.74. The molecule has 0 unspecified atom stereocenters. The van der Waals surface area contributed by atoms with Crippen molar-refractivity contribution in [3.05, 3.63) is 53.1 Å². The average molecular weight is 338 g/mol. The van der Waals surface area contributed by atoms with E-state index in [2.05, 4.69) is 36.1 Å². The van der Waals surface area contributed by atoms with E-state index in [1.165, 1.54) is 24.8 Å². The van der Waals surface area contributed by atoms with Gasteiger partial charge in [-0.05, 0) is 44.4 Å². The Bertz CT molecular complexity index is 868. The van der Waals surface area contributed by atoms with Gasteiger partial charge >= 0.3 is 0 Å². The first-order valence-electron chi connectivity index (χ1n) is 8.50. The molecule has 1 saturated heterocycles. The summed E-state index contributed by atoms with van der Waals surface area (Å²) in [6.45, 7) is 4.20. The van der Waals surface area contributed by atoms with Gasteiger partial charge in [-0.3, -0.25) is 0 Å². The van der Waals surface area contributed by atoms with Gasteiger partial charge in [-0.25, -0.2) is 9.97 Å². The third-order valence-corrected chi connectivity index (χ3v) is 4.84. The minimum absolute atomic E-state index is 0.709. The number of benzene rings is 2. The topological polar surface area (TPSA) is 29.0 Å². The van der Waals surface area contributed by atoms with Crippen LogP contribution in [0, 0.1) is 6.92 Å². The summed E-state index contributed by atoms with van der Waals surface area (Å²) in [5.74, 6) is 1.80. The van der Waals surface area contributed by atoms with E-state index in [9.17, 15) is 0 Å². The van der Waals surface area contributed by atoms with Crippen LogP contribution in [0.4, 0.5) is 5.82 Å². The zero-order valence-electron chi connectivity index (χ0n) is 13.8. The Morgan fingerprint density at radius 1 is 0.917 bits per heavy atom. The molecule has 3 nitrogen and oxygen atoms in total. The van der Waals surface area contributed by atoms with Gasteiger partial charge in [0.1, 0.15) is 5.82 Å². The van der Waals surface area contributed by atoms with Gasteiger partial charge in [0.25, 0.3) is 0 Å². The number of rotatable bonds is 2. The number of halogens is 1. The van der Waals surface area contributed by atoms with Crippen molar-refractivity contribution in [2.45, 2.75) is 26.2 Å². The second-order valence-corrected chi connectivity index (χ2v) is 6.88. The van der Waals surface area contributed by atoms with E-state index in [1.807, 2.05) is 18.2 Å². The van der Waals surface area contributed by atoms with Crippen LogP contribution < -0.4 is 4.90 Å². The number of nitrogens with zero attached hydrogens (tertiary/aromatic N) is 3. The smallest absolute Gasteiger partial charge is 0.162 e. The van der Waals surface area contributed by atoms with Gasteiger partial charge in [0.05, 0.1) is 5.52 Å². The zero-order chi connectivity index (χ0) is 16.5. The molecule has 4 rings (SSSR count). The number of fused-ring (bicyclic) bond motifs is 1. The van der Waals surface area contributed by atoms with Crippen molar-refractivity contribution in [3.8, 4) is 11.4 Å². The first kappa shape index (κ1) is 15.4. The Hall–Kier alpha value is -2.13. The highest BCUT2D eigenvalue weighted by atomic mass is 35.5. The first-order chi connectivity index (χ1) is 11.7. The zero-order valence-corrected chi connectivity index (χ0v) is 14.6. The molecule has 0 saturated carbocycles. The Morgan fingerprint density at radius 3 is 2.42 bits per heavy atom. The summed E-state index contributed by atoms with van der Waals surface area (Å²) in [6, 6.07) is 14.3. The fourth-order valence-electron chi connectivity index (χ4n) is 3.26. The lowest BCUT2D eigenvalue weighted by Gasteiger charge is -2.29. The van der Waals surface area contributed by atoms with Crippen LogP contribution in [0.5, 0.6) is 0 Å². The SMILES string of the molecule is Cc1ccc(-c2nc(N3CCCCC3)c3ccc(Cl)cc3n2)cc1. The minimum atomic E-state index is 0.709. The predicted octanol–water partition coefficient (Wildman–Crippen LogP) is 5.25. The van der Waals surface area contributed by atoms with Gasteiger partial charge in [-0.1, -0.05) is 41.4 Å². The normalized spacial score (nSPS) is 15.0. The van der Waals surface area contributed by atoms with Crippen LogP contribution in [0.15, 0.2) is 42.5 Å². The molecular formula is C20H20ClN3. The lowest BCUT2D eigenvalue weighted by atomic mass is 10.1. The molecule has 24 heavy (non-hydrogen) atoms. The molecule has 0 amide bonds. The van der Waals surface area contributed by atoms with Gasteiger partial charge in [-0.15, -0.1) is 0 Å². The van der Waals surface area contributed by atoms with Gasteiger partial charge < -0.3 is 4.90 Å². The fraction of sp³-hybridized carbons (Fsp3) is 0.300. The third-order valence-electron chi connectivity index (χ3n) is 4.60. The second kappa shape index (κ2) is 6.40. The quantitative estimate of drug-likeness (QED) is 0.639.